The van der Waals surface area contributed by atoms with Crippen molar-refractivity contribution in [3.05, 3.63) is 54.1 Å². The summed E-state index contributed by atoms with van der Waals surface area (Å²) in [5, 5.41) is 4.01. The van der Waals surface area contributed by atoms with Crippen LogP contribution in [0.5, 0.6) is 11.5 Å². The summed E-state index contributed by atoms with van der Waals surface area (Å²) in [6.07, 6.45) is 4.47. The fourth-order valence-electron chi connectivity index (χ4n) is 3.64. The van der Waals surface area contributed by atoms with Crippen molar-refractivity contribution in [2.24, 2.45) is 0 Å². The van der Waals surface area contributed by atoms with Crippen LogP contribution in [-0.2, 0) is 0 Å². The summed E-state index contributed by atoms with van der Waals surface area (Å²) in [5.74, 6) is 1.37. The molecular weight excluding hydrogens is 364 g/mol. The van der Waals surface area contributed by atoms with Gasteiger partial charge in [0, 0.05) is 17.0 Å². The van der Waals surface area contributed by atoms with Crippen LogP contribution in [0.25, 0.3) is 22.2 Å². The maximum absolute atomic E-state index is 13.1. The molecule has 1 atom stereocenters. The molecule has 0 saturated heterocycles. The van der Waals surface area contributed by atoms with E-state index in [1.54, 1.807) is 0 Å². The van der Waals surface area contributed by atoms with Crippen molar-refractivity contribution in [3.8, 4) is 22.8 Å². The SMILES string of the molecule is CCCCC[C@@H](C)NC(=O)c1cc(-c2ccc3c(c2)OCO3)nc2ccccc12. The second-order valence-electron chi connectivity index (χ2n) is 7.51. The van der Waals surface area contributed by atoms with Gasteiger partial charge in [0.2, 0.25) is 6.79 Å². The van der Waals surface area contributed by atoms with Crippen LogP contribution in [0, 0.1) is 0 Å². The van der Waals surface area contributed by atoms with E-state index in [1.165, 1.54) is 12.8 Å². The van der Waals surface area contributed by atoms with Gasteiger partial charge in [-0.05, 0) is 43.7 Å². The number of aromatic nitrogens is 1. The number of benzene rings is 2. The van der Waals surface area contributed by atoms with E-state index < -0.39 is 0 Å². The van der Waals surface area contributed by atoms with Crippen LogP contribution in [0.2, 0.25) is 0 Å². The molecule has 1 N–H and O–H groups in total. The second kappa shape index (κ2) is 8.52. The Balaban J connectivity index is 1.67. The largest absolute Gasteiger partial charge is 0.454 e. The normalized spacial score (nSPS) is 13.4. The average molecular weight is 390 g/mol. The molecule has 4 rings (SSSR count). The topological polar surface area (TPSA) is 60.5 Å². The molecule has 0 aliphatic carbocycles. The number of carbonyl (C=O) groups is 1. The number of rotatable bonds is 7. The molecule has 0 unspecified atom stereocenters. The first-order chi connectivity index (χ1) is 14.2. The molecule has 150 valence electrons. The summed E-state index contributed by atoms with van der Waals surface area (Å²) in [6, 6.07) is 15.5. The van der Waals surface area contributed by atoms with Gasteiger partial charge in [-0.3, -0.25) is 4.79 Å². The predicted octanol–water partition coefficient (Wildman–Crippen LogP) is 5.33. The molecule has 1 aromatic heterocycles. The van der Waals surface area contributed by atoms with E-state index in [0.29, 0.717) is 11.3 Å². The van der Waals surface area contributed by atoms with Crippen LogP contribution in [0.15, 0.2) is 48.5 Å². The van der Waals surface area contributed by atoms with Crippen LogP contribution in [-0.4, -0.2) is 23.7 Å². The van der Waals surface area contributed by atoms with Crippen LogP contribution < -0.4 is 14.8 Å². The number of nitrogens with zero attached hydrogens (tertiary/aromatic N) is 1. The standard InChI is InChI=1S/C24H26N2O3/c1-3-4-5-8-16(2)25-24(27)19-14-21(26-20-10-7-6-9-18(19)20)17-11-12-22-23(13-17)29-15-28-22/h6-7,9-14,16H,3-5,8,15H2,1-2H3,(H,25,27)/t16-/m1/s1. The highest BCUT2D eigenvalue weighted by Crippen LogP contribution is 2.36. The molecule has 1 aliphatic rings. The number of hydrogen-bond donors (Lipinski definition) is 1. The molecule has 2 aromatic carbocycles. The Hall–Kier alpha value is -3.08. The molecule has 0 bridgehead atoms. The third-order valence-electron chi connectivity index (χ3n) is 5.25. The van der Waals surface area contributed by atoms with Gasteiger partial charge in [-0.2, -0.15) is 0 Å². The van der Waals surface area contributed by atoms with E-state index in [0.717, 1.165) is 40.8 Å². The van der Waals surface area contributed by atoms with Gasteiger partial charge in [-0.25, -0.2) is 4.98 Å². The van der Waals surface area contributed by atoms with E-state index >= 15 is 0 Å². The summed E-state index contributed by atoms with van der Waals surface area (Å²) in [6.45, 7) is 4.48. The molecule has 5 nitrogen and oxygen atoms in total. The van der Waals surface area contributed by atoms with E-state index in [2.05, 4.69) is 19.2 Å². The Morgan fingerprint density at radius 2 is 1.93 bits per heavy atom. The molecular formula is C24H26N2O3. The number of carbonyl (C=O) groups excluding carboxylic acids is 1. The molecule has 29 heavy (non-hydrogen) atoms. The summed E-state index contributed by atoms with van der Waals surface area (Å²) >= 11 is 0. The lowest BCUT2D eigenvalue weighted by Gasteiger charge is -2.15. The van der Waals surface area contributed by atoms with Crippen molar-refractivity contribution in [3.63, 3.8) is 0 Å². The third kappa shape index (κ3) is 4.19. The minimum Gasteiger partial charge on any atom is -0.454 e. The summed E-state index contributed by atoms with van der Waals surface area (Å²) in [4.78, 5) is 17.9. The van der Waals surface area contributed by atoms with Crippen molar-refractivity contribution in [1.82, 2.24) is 10.3 Å². The molecule has 0 fully saturated rings. The lowest BCUT2D eigenvalue weighted by Crippen LogP contribution is -2.32. The Morgan fingerprint density at radius 3 is 2.79 bits per heavy atom. The van der Waals surface area contributed by atoms with Crippen LogP contribution in [0.4, 0.5) is 0 Å². The van der Waals surface area contributed by atoms with Gasteiger partial charge >= 0.3 is 0 Å². The number of ether oxygens (including phenoxy) is 2. The highest BCUT2D eigenvalue weighted by Gasteiger charge is 2.18. The first kappa shape index (κ1) is 19.2. The van der Waals surface area contributed by atoms with Gasteiger partial charge in [0.25, 0.3) is 5.91 Å². The zero-order valence-electron chi connectivity index (χ0n) is 16.9. The first-order valence-corrected chi connectivity index (χ1v) is 10.3. The lowest BCUT2D eigenvalue weighted by atomic mass is 10.0. The Kier molecular flexibility index (Phi) is 5.65. The van der Waals surface area contributed by atoms with E-state index in [-0.39, 0.29) is 18.7 Å². The molecule has 5 heteroatoms. The average Bonchev–Trinajstić information content (AvgIpc) is 3.21. The van der Waals surface area contributed by atoms with Gasteiger partial charge in [-0.15, -0.1) is 0 Å². The quantitative estimate of drug-likeness (QED) is 0.554. The molecule has 3 aromatic rings. The van der Waals surface area contributed by atoms with Crippen molar-refractivity contribution in [1.29, 1.82) is 0 Å². The highest BCUT2D eigenvalue weighted by atomic mass is 16.7. The van der Waals surface area contributed by atoms with E-state index in [4.69, 9.17) is 14.5 Å². The smallest absolute Gasteiger partial charge is 0.252 e. The van der Waals surface area contributed by atoms with E-state index in [9.17, 15) is 4.79 Å². The molecule has 0 radical (unpaired) electrons. The lowest BCUT2D eigenvalue weighted by molar-refractivity contribution is 0.0939. The number of pyridine rings is 1. The van der Waals surface area contributed by atoms with Gasteiger partial charge in [0.15, 0.2) is 11.5 Å². The van der Waals surface area contributed by atoms with Crippen molar-refractivity contribution < 1.29 is 14.3 Å². The number of unbranched alkanes of at least 4 members (excludes halogenated alkanes) is 2. The summed E-state index contributed by atoms with van der Waals surface area (Å²) in [7, 11) is 0. The second-order valence-corrected chi connectivity index (χ2v) is 7.51. The van der Waals surface area contributed by atoms with Gasteiger partial charge in [0.05, 0.1) is 16.8 Å². The molecule has 0 spiro atoms. The number of para-hydroxylation sites is 1. The molecule has 1 aliphatic heterocycles. The number of hydrogen-bond acceptors (Lipinski definition) is 4. The number of amides is 1. The van der Waals surface area contributed by atoms with Crippen LogP contribution in [0.3, 0.4) is 0 Å². The fourth-order valence-corrected chi connectivity index (χ4v) is 3.64. The Bertz CT molecular complexity index is 1030. The Labute approximate surface area is 171 Å². The van der Waals surface area contributed by atoms with Crippen molar-refractivity contribution >= 4 is 16.8 Å². The van der Waals surface area contributed by atoms with Crippen molar-refractivity contribution in [2.45, 2.75) is 45.6 Å². The van der Waals surface area contributed by atoms with Crippen LogP contribution >= 0.6 is 0 Å². The highest BCUT2D eigenvalue weighted by molar-refractivity contribution is 6.07. The summed E-state index contributed by atoms with van der Waals surface area (Å²) in [5.41, 5.74) is 3.08. The molecule has 1 amide bonds. The summed E-state index contributed by atoms with van der Waals surface area (Å²) < 4.78 is 10.9. The minimum atomic E-state index is -0.0606. The zero-order valence-corrected chi connectivity index (χ0v) is 16.9. The number of fused-ring (bicyclic) bond motifs is 2. The molecule has 2 heterocycles. The maximum atomic E-state index is 13.1. The van der Waals surface area contributed by atoms with Crippen LogP contribution in [0.1, 0.15) is 49.9 Å². The molecule has 0 saturated carbocycles. The third-order valence-corrected chi connectivity index (χ3v) is 5.25. The van der Waals surface area contributed by atoms with Gasteiger partial charge in [0.1, 0.15) is 0 Å². The predicted molar refractivity (Wildman–Crippen MR) is 114 cm³/mol. The maximum Gasteiger partial charge on any atom is 0.252 e. The fraction of sp³-hybridized carbons (Fsp3) is 0.333. The minimum absolute atomic E-state index is 0.0606. The first-order valence-electron chi connectivity index (χ1n) is 10.3. The van der Waals surface area contributed by atoms with Crippen molar-refractivity contribution in [2.75, 3.05) is 6.79 Å². The monoisotopic (exact) mass is 390 g/mol. The van der Waals surface area contributed by atoms with E-state index in [1.807, 2.05) is 48.5 Å². The zero-order chi connectivity index (χ0) is 20.2. The van der Waals surface area contributed by atoms with Gasteiger partial charge in [-0.1, -0.05) is 44.4 Å². The number of nitrogens with one attached hydrogen (secondary N) is 1. The van der Waals surface area contributed by atoms with Gasteiger partial charge < -0.3 is 14.8 Å². The Morgan fingerprint density at radius 1 is 1.10 bits per heavy atom.